The van der Waals surface area contributed by atoms with Gasteiger partial charge in [0.25, 0.3) is 0 Å². The number of nitrogens with two attached hydrogens (primary N) is 1. The van der Waals surface area contributed by atoms with E-state index in [4.69, 9.17) is 5.73 Å². The Kier molecular flexibility index (Phi) is 1.72. The fraction of sp³-hybridized carbons (Fsp3) is 1.00. The molecule has 1 aliphatic heterocycles. The zero-order chi connectivity index (χ0) is 8.82. The molecule has 1 saturated carbocycles. The molecule has 1 heterocycles. The molecular formula is C7H14N2O2S. The third kappa shape index (κ3) is 1.08. The average Bonchev–Trinajstić information content (AvgIpc) is 2.72. The van der Waals surface area contributed by atoms with Gasteiger partial charge in [-0.25, -0.2) is 8.42 Å². The van der Waals surface area contributed by atoms with Crippen molar-refractivity contribution < 1.29 is 8.42 Å². The zero-order valence-corrected chi connectivity index (χ0v) is 7.81. The van der Waals surface area contributed by atoms with Gasteiger partial charge in [-0.3, -0.25) is 0 Å². The van der Waals surface area contributed by atoms with Crippen molar-refractivity contribution in [2.24, 2.45) is 5.73 Å². The molecule has 0 radical (unpaired) electrons. The second-order valence-corrected chi connectivity index (χ2v) is 5.68. The number of sulfonamides is 1. The molecular weight excluding hydrogens is 176 g/mol. The summed E-state index contributed by atoms with van der Waals surface area (Å²) < 4.78 is 24.6. The summed E-state index contributed by atoms with van der Waals surface area (Å²) in [5, 5.41) is 0. The predicted octanol–water partition coefficient (Wildman–Crippen LogP) is -0.487. The maximum atomic E-state index is 11.5. The first-order chi connectivity index (χ1) is 5.61. The summed E-state index contributed by atoms with van der Waals surface area (Å²) in [4.78, 5) is 0. The Morgan fingerprint density at radius 3 is 2.42 bits per heavy atom. The molecule has 0 aromatic carbocycles. The van der Waals surface area contributed by atoms with Crippen LogP contribution in [0.15, 0.2) is 0 Å². The molecule has 5 heteroatoms. The molecule has 0 aromatic heterocycles. The van der Waals surface area contributed by atoms with Gasteiger partial charge in [0.2, 0.25) is 10.0 Å². The number of nitrogens with zero attached hydrogens (tertiary/aromatic N) is 1. The minimum atomic E-state index is -2.94. The molecule has 0 amide bonds. The summed E-state index contributed by atoms with van der Waals surface area (Å²) in [6.45, 7) is 1.16. The average molecular weight is 190 g/mol. The van der Waals surface area contributed by atoms with Gasteiger partial charge in [0, 0.05) is 18.6 Å². The lowest BCUT2D eigenvalue weighted by Crippen LogP contribution is -2.43. The number of hydrogen-bond acceptors (Lipinski definition) is 3. The van der Waals surface area contributed by atoms with Gasteiger partial charge in [-0.1, -0.05) is 0 Å². The predicted molar refractivity (Wildman–Crippen MR) is 46.1 cm³/mol. The van der Waals surface area contributed by atoms with Crippen molar-refractivity contribution in [2.45, 2.75) is 24.8 Å². The molecule has 2 rings (SSSR count). The summed E-state index contributed by atoms with van der Waals surface area (Å²) in [7, 11) is -2.94. The lowest BCUT2D eigenvalue weighted by atomic mass is 10.2. The normalized spacial score (nSPS) is 32.1. The van der Waals surface area contributed by atoms with Gasteiger partial charge in [0.05, 0.1) is 5.75 Å². The Balaban J connectivity index is 2.24. The first-order valence-corrected chi connectivity index (χ1v) is 5.92. The van der Waals surface area contributed by atoms with Crippen molar-refractivity contribution in [2.75, 3.05) is 18.8 Å². The van der Waals surface area contributed by atoms with Crippen molar-refractivity contribution in [1.82, 2.24) is 4.31 Å². The highest BCUT2D eigenvalue weighted by Crippen LogP contribution is 2.44. The van der Waals surface area contributed by atoms with Gasteiger partial charge < -0.3 is 5.73 Å². The van der Waals surface area contributed by atoms with Crippen molar-refractivity contribution in [3.63, 3.8) is 0 Å². The van der Waals surface area contributed by atoms with Crippen molar-refractivity contribution in [3.8, 4) is 0 Å². The second-order valence-electron chi connectivity index (χ2n) is 3.67. The highest BCUT2D eigenvalue weighted by atomic mass is 32.2. The van der Waals surface area contributed by atoms with Crippen LogP contribution in [0.3, 0.4) is 0 Å². The summed E-state index contributed by atoms with van der Waals surface area (Å²) in [6, 6.07) is 0. The molecule has 4 nitrogen and oxygen atoms in total. The second kappa shape index (κ2) is 2.43. The first-order valence-electron chi connectivity index (χ1n) is 4.31. The van der Waals surface area contributed by atoms with Crippen molar-refractivity contribution >= 4 is 10.0 Å². The van der Waals surface area contributed by atoms with Crippen LogP contribution >= 0.6 is 0 Å². The first kappa shape index (κ1) is 8.47. The number of hydrogen-bond donors (Lipinski definition) is 1. The largest absolute Gasteiger partial charge is 0.329 e. The molecule has 0 spiro atoms. The van der Waals surface area contributed by atoms with Gasteiger partial charge >= 0.3 is 0 Å². The van der Waals surface area contributed by atoms with E-state index >= 15 is 0 Å². The lowest BCUT2D eigenvalue weighted by Gasteiger charge is -2.24. The minimum Gasteiger partial charge on any atom is -0.329 e. The van der Waals surface area contributed by atoms with Crippen molar-refractivity contribution in [1.29, 1.82) is 0 Å². The van der Waals surface area contributed by atoms with E-state index in [-0.39, 0.29) is 5.54 Å². The Hall–Kier alpha value is -0.130. The van der Waals surface area contributed by atoms with Crippen LogP contribution in [0.4, 0.5) is 0 Å². The van der Waals surface area contributed by atoms with E-state index in [1.54, 1.807) is 4.31 Å². The monoisotopic (exact) mass is 190 g/mol. The molecule has 0 unspecified atom stereocenters. The summed E-state index contributed by atoms with van der Waals surface area (Å²) in [5.74, 6) is 0.314. The highest BCUT2D eigenvalue weighted by molar-refractivity contribution is 7.89. The molecule has 0 aromatic rings. The fourth-order valence-electron chi connectivity index (χ4n) is 1.87. The summed E-state index contributed by atoms with van der Waals surface area (Å²) in [5.41, 5.74) is 5.39. The van der Waals surface area contributed by atoms with Gasteiger partial charge in [-0.2, -0.15) is 4.31 Å². The van der Waals surface area contributed by atoms with Crippen LogP contribution in [0.5, 0.6) is 0 Å². The molecule has 1 saturated heterocycles. The SMILES string of the molecule is NCC1(N2CCCS2(=O)=O)CC1. The van der Waals surface area contributed by atoms with Crippen LogP contribution in [0.2, 0.25) is 0 Å². The Bertz CT molecular complexity index is 282. The van der Waals surface area contributed by atoms with E-state index in [0.717, 1.165) is 19.3 Å². The van der Waals surface area contributed by atoms with Crippen LogP contribution in [0.1, 0.15) is 19.3 Å². The van der Waals surface area contributed by atoms with Crippen LogP contribution in [-0.2, 0) is 10.0 Å². The zero-order valence-electron chi connectivity index (χ0n) is 6.99. The molecule has 2 fully saturated rings. The van der Waals surface area contributed by atoms with Gasteiger partial charge in [-0.05, 0) is 19.3 Å². The maximum Gasteiger partial charge on any atom is 0.214 e. The highest BCUT2D eigenvalue weighted by Gasteiger charge is 2.53. The maximum absolute atomic E-state index is 11.5. The van der Waals surface area contributed by atoms with Gasteiger partial charge in [0.1, 0.15) is 0 Å². The van der Waals surface area contributed by atoms with E-state index in [1.807, 2.05) is 0 Å². The van der Waals surface area contributed by atoms with E-state index in [0.29, 0.717) is 18.8 Å². The van der Waals surface area contributed by atoms with Crippen LogP contribution in [-0.4, -0.2) is 37.1 Å². The van der Waals surface area contributed by atoms with Crippen LogP contribution < -0.4 is 5.73 Å². The van der Waals surface area contributed by atoms with Crippen LogP contribution in [0.25, 0.3) is 0 Å². The van der Waals surface area contributed by atoms with Gasteiger partial charge in [0.15, 0.2) is 0 Å². The Morgan fingerprint density at radius 1 is 1.42 bits per heavy atom. The Morgan fingerprint density at radius 2 is 2.08 bits per heavy atom. The van der Waals surface area contributed by atoms with E-state index in [2.05, 4.69) is 0 Å². The molecule has 2 aliphatic rings. The molecule has 1 aliphatic carbocycles. The topological polar surface area (TPSA) is 63.4 Å². The lowest BCUT2D eigenvalue weighted by molar-refractivity contribution is 0.327. The minimum absolute atomic E-state index is 0.171. The molecule has 70 valence electrons. The molecule has 0 bridgehead atoms. The summed E-state index contributed by atoms with van der Waals surface area (Å²) >= 11 is 0. The molecule has 2 N–H and O–H groups in total. The van der Waals surface area contributed by atoms with Crippen LogP contribution in [0, 0.1) is 0 Å². The van der Waals surface area contributed by atoms with Crippen molar-refractivity contribution in [3.05, 3.63) is 0 Å². The van der Waals surface area contributed by atoms with E-state index < -0.39 is 10.0 Å². The summed E-state index contributed by atoms with van der Waals surface area (Å²) in [6.07, 6.45) is 2.66. The smallest absolute Gasteiger partial charge is 0.214 e. The van der Waals surface area contributed by atoms with Gasteiger partial charge in [-0.15, -0.1) is 0 Å². The van der Waals surface area contributed by atoms with E-state index in [1.165, 1.54) is 0 Å². The Labute approximate surface area is 72.8 Å². The third-order valence-corrected chi connectivity index (χ3v) is 4.88. The number of rotatable bonds is 2. The standard InChI is InChI=1S/C7H14N2O2S/c8-6-7(2-3-7)9-4-1-5-12(9,10)11/h1-6,8H2. The molecule has 12 heavy (non-hydrogen) atoms. The van der Waals surface area contributed by atoms with E-state index in [9.17, 15) is 8.42 Å². The third-order valence-electron chi connectivity index (χ3n) is 2.84. The quantitative estimate of drug-likeness (QED) is 0.639. The fourth-order valence-corrected chi connectivity index (χ4v) is 3.84. The molecule has 0 atom stereocenters.